The molecule has 1 aromatic heterocycles. The van der Waals surface area contributed by atoms with Gasteiger partial charge >= 0.3 is 5.63 Å². The Morgan fingerprint density at radius 3 is 2.50 bits per heavy atom. The van der Waals surface area contributed by atoms with Gasteiger partial charge in [0.2, 0.25) is 0 Å². The van der Waals surface area contributed by atoms with E-state index >= 15 is 0 Å². The van der Waals surface area contributed by atoms with E-state index in [0.29, 0.717) is 17.1 Å². The number of carbonyl (C=O) groups is 1. The monoisotopic (exact) mass is 353 g/mol. The molecule has 0 saturated carbocycles. The fraction of sp³-hybridized carbons (Fsp3) is 0.238. The highest BCUT2D eigenvalue weighted by molar-refractivity contribution is 5.80. The van der Waals surface area contributed by atoms with Crippen LogP contribution in [0.4, 0.5) is 0 Å². The average Bonchev–Trinajstić information content (AvgIpc) is 2.61. The molecular weight excluding hydrogens is 330 g/mol. The first kappa shape index (κ1) is 19.2. The lowest BCUT2D eigenvalue weighted by molar-refractivity contribution is -0.137. The fourth-order valence-electron chi connectivity index (χ4n) is 2.61. The molecule has 1 atom stereocenters. The molecule has 0 fully saturated rings. The van der Waals surface area contributed by atoms with Crippen molar-refractivity contribution in [2.75, 3.05) is 14.1 Å². The van der Waals surface area contributed by atoms with E-state index in [2.05, 4.69) is 6.58 Å². The summed E-state index contributed by atoms with van der Waals surface area (Å²) in [6.45, 7) is 7.22. The number of likely N-dealkylation sites (N-methyl/N-ethyl adjacent to an activating group) is 1. The first-order valence-electron chi connectivity index (χ1n) is 8.25. The van der Waals surface area contributed by atoms with Crippen LogP contribution in [-0.2, 0) is 9.53 Å². The summed E-state index contributed by atoms with van der Waals surface area (Å²) in [4.78, 5) is 25.4. The highest BCUT2D eigenvalue weighted by Gasteiger charge is 2.17. The van der Waals surface area contributed by atoms with Crippen molar-refractivity contribution >= 4 is 18.1 Å². The third-order valence-electron chi connectivity index (χ3n) is 3.80. The number of hydrogen-bond acceptors (Lipinski definition) is 4. The van der Waals surface area contributed by atoms with Gasteiger partial charge in [0.25, 0.3) is 5.91 Å². The Morgan fingerprint density at radius 1 is 1.27 bits per heavy atom. The lowest BCUT2D eigenvalue weighted by atomic mass is 9.99. The molecule has 0 radical (unpaired) electrons. The van der Waals surface area contributed by atoms with Crippen LogP contribution in [0.1, 0.15) is 25.2 Å². The van der Waals surface area contributed by atoms with Gasteiger partial charge in [-0.15, -0.1) is 0 Å². The van der Waals surface area contributed by atoms with Crippen LogP contribution < -0.4 is 5.63 Å². The molecule has 0 aliphatic heterocycles. The van der Waals surface area contributed by atoms with E-state index in [1.165, 1.54) is 11.0 Å². The summed E-state index contributed by atoms with van der Waals surface area (Å²) in [5, 5.41) is 0. The largest absolute Gasteiger partial charge is 0.485 e. The summed E-state index contributed by atoms with van der Waals surface area (Å²) >= 11 is 0. The van der Waals surface area contributed by atoms with Gasteiger partial charge in [0.15, 0.2) is 6.10 Å². The maximum atomic E-state index is 12.0. The maximum Gasteiger partial charge on any atom is 0.336 e. The van der Waals surface area contributed by atoms with Gasteiger partial charge in [0.05, 0.1) is 5.76 Å². The van der Waals surface area contributed by atoms with Crippen LogP contribution in [0, 0.1) is 0 Å². The normalized spacial score (nSPS) is 12.4. The zero-order valence-corrected chi connectivity index (χ0v) is 15.5. The molecule has 2 rings (SSSR count). The third kappa shape index (κ3) is 4.51. The molecule has 5 nitrogen and oxygen atoms in total. The van der Waals surface area contributed by atoms with E-state index in [1.807, 2.05) is 30.3 Å². The van der Waals surface area contributed by atoms with E-state index < -0.39 is 11.7 Å². The molecule has 1 amide bonds. The minimum atomic E-state index is -0.641. The molecule has 1 aromatic carbocycles. The topological polar surface area (TPSA) is 59.8 Å². The Hall–Kier alpha value is -3.08. The number of ether oxygens (including phenoxy) is 1. The molecule has 0 aliphatic rings. The first-order chi connectivity index (χ1) is 12.3. The van der Waals surface area contributed by atoms with E-state index in [-0.39, 0.29) is 5.91 Å². The van der Waals surface area contributed by atoms with E-state index in [9.17, 15) is 9.59 Å². The van der Waals surface area contributed by atoms with Gasteiger partial charge in [0, 0.05) is 31.8 Å². The molecule has 5 heteroatoms. The number of hydrogen-bond donors (Lipinski definition) is 0. The van der Waals surface area contributed by atoms with Gasteiger partial charge < -0.3 is 14.1 Å². The molecule has 26 heavy (non-hydrogen) atoms. The standard InChI is InChI=1S/C21H23NO4/c1-6-17-18(16-10-8-7-9-11-16)13-20(23)26-19(17)12-14(2)25-15(3)21(24)22(4)5/h6-13,15H,1H2,2-5H3/b14-12+. The van der Waals surface area contributed by atoms with Crippen LogP contribution in [0.15, 0.2) is 57.9 Å². The smallest absolute Gasteiger partial charge is 0.336 e. The van der Waals surface area contributed by atoms with Gasteiger partial charge in [0.1, 0.15) is 5.76 Å². The molecule has 0 bridgehead atoms. The van der Waals surface area contributed by atoms with Gasteiger partial charge in [-0.2, -0.15) is 0 Å². The predicted molar refractivity (Wildman–Crippen MR) is 103 cm³/mol. The molecule has 1 heterocycles. The first-order valence-corrected chi connectivity index (χ1v) is 8.25. The summed E-state index contributed by atoms with van der Waals surface area (Å²) in [5.74, 6) is 0.652. The zero-order chi connectivity index (χ0) is 19.3. The zero-order valence-electron chi connectivity index (χ0n) is 15.5. The van der Waals surface area contributed by atoms with Crippen molar-refractivity contribution < 1.29 is 13.9 Å². The molecule has 0 aliphatic carbocycles. The number of nitrogens with zero attached hydrogens (tertiary/aromatic N) is 1. The second-order valence-electron chi connectivity index (χ2n) is 6.07. The maximum absolute atomic E-state index is 12.0. The van der Waals surface area contributed by atoms with E-state index in [1.54, 1.807) is 40.1 Å². The second-order valence-corrected chi connectivity index (χ2v) is 6.07. The summed E-state index contributed by atoms with van der Waals surface area (Å²) < 4.78 is 11.0. The van der Waals surface area contributed by atoms with Gasteiger partial charge in [-0.1, -0.05) is 43.0 Å². The van der Waals surface area contributed by atoms with Gasteiger partial charge in [-0.05, 0) is 25.0 Å². The number of allylic oxidation sites excluding steroid dienone is 1. The highest BCUT2D eigenvalue weighted by Crippen LogP contribution is 2.27. The molecule has 136 valence electrons. The Balaban J connectivity index is 2.43. The van der Waals surface area contributed by atoms with Gasteiger partial charge in [-0.25, -0.2) is 4.79 Å². The number of carbonyl (C=O) groups excluding carboxylic acids is 1. The Labute approximate surface area is 153 Å². The molecule has 1 unspecified atom stereocenters. The van der Waals surface area contributed by atoms with Crippen molar-refractivity contribution in [2.45, 2.75) is 20.0 Å². The van der Waals surface area contributed by atoms with Crippen molar-refractivity contribution in [3.8, 4) is 11.1 Å². The van der Waals surface area contributed by atoms with Crippen molar-refractivity contribution in [3.63, 3.8) is 0 Å². The van der Waals surface area contributed by atoms with Crippen molar-refractivity contribution in [2.24, 2.45) is 0 Å². The number of rotatable bonds is 6. The van der Waals surface area contributed by atoms with E-state index in [4.69, 9.17) is 9.15 Å². The van der Waals surface area contributed by atoms with Crippen LogP contribution in [0.3, 0.4) is 0 Å². The van der Waals surface area contributed by atoms with Crippen molar-refractivity contribution in [1.29, 1.82) is 0 Å². The molecule has 0 N–H and O–H groups in total. The van der Waals surface area contributed by atoms with Crippen LogP contribution >= 0.6 is 0 Å². The lowest BCUT2D eigenvalue weighted by Crippen LogP contribution is -2.33. The predicted octanol–water partition coefficient (Wildman–Crippen LogP) is 3.80. The van der Waals surface area contributed by atoms with Gasteiger partial charge in [-0.3, -0.25) is 4.79 Å². The van der Waals surface area contributed by atoms with Crippen LogP contribution in [0.2, 0.25) is 0 Å². The number of amides is 1. The Kier molecular flexibility index (Phi) is 6.17. The summed E-state index contributed by atoms with van der Waals surface area (Å²) in [6.07, 6.45) is 2.60. The average molecular weight is 353 g/mol. The van der Waals surface area contributed by atoms with Crippen LogP contribution in [-0.4, -0.2) is 31.0 Å². The third-order valence-corrected chi connectivity index (χ3v) is 3.80. The molecule has 0 saturated heterocycles. The molecular formula is C21H23NO4. The van der Waals surface area contributed by atoms with Crippen molar-refractivity contribution in [1.82, 2.24) is 4.90 Å². The highest BCUT2D eigenvalue weighted by atomic mass is 16.5. The van der Waals surface area contributed by atoms with Crippen LogP contribution in [0.25, 0.3) is 23.3 Å². The molecule has 0 spiro atoms. The minimum absolute atomic E-state index is 0.152. The Morgan fingerprint density at radius 2 is 1.92 bits per heavy atom. The molecule has 2 aromatic rings. The summed E-state index contributed by atoms with van der Waals surface area (Å²) in [5.41, 5.74) is 1.84. The van der Waals surface area contributed by atoms with E-state index in [0.717, 1.165) is 11.1 Å². The summed E-state index contributed by atoms with van der Waals surface area (Å²) in [6, 6.07) is 11.0. The Bertz CT molecular complexity index is 879. The van der Waals surface area contributed by atoms with Crippen molar-refractivity contribution in [3.05, 3.63) is 70.5 Å². The van der Waals surface area contributed by atoms with Crippen LogP contribution in [0.5, 0.6) is 0 Å². The fourth-order valence-corrected chi connectivity index (χ4v) is 2.61. The quantitative estimate of drug-likeness (QED) is 0.741. The second kappa shape index (κ2) is 8.34. The number of benzene rings is 1. The lowest BCUT2D eigenvalue weighted by Gasteiger charge is -2.18. The SMILES string of the molecule is C=Cc1c(-c2ccccc2)cc(=O)oc1/C=C(\C)OC(C)C(=O)N(C)C. The minimum Gasteiger partial charge on any atom is -0.485 e. The summed E-state index contributed by atoms with van der Waals surface area (Å²) in [7, 11) is 3.33.